The second-order valence-electron chi connectivity index (χ2n) is 17.1. The van der Waals surface area contributed by atoms with Gasteiger partial charge in [0, 0.05) is 38.9 Å². The summed E-state index contributed by atoms with van der Waals surface area (Å²) in [6.07, 6.45) is 3.82. The number of anilines is 3. The van der Waals surface area contributed by atoms with Crippen molar-refractivity contribution in [2.24, 2.45) is 0 Å². The third-order valence-corrected chi connectivity index (χ3v) is 13.1. The van der Waals surface area contributed by atoms with E-state index >= 15 is 0 Å². The third kappa shape index (κ3) is 6.51. The van der Waals surface area contributed by atoms with Crippen molar-refractivity contribution in [3.05, 3.63) is 242 Å². The summed E-state index contributed by atoms with van der Waals surface area (Å²) in [6.45, 7) is 12.7. The Morgan fingerprint density at radius 3 is 1.52 bits per heavy atom. The lowest BCUT2D eigenvalue weighted by molar-refractivity contribution is 0.660. The van der Waals surface area contributed by atoms with Gasteiger partial charge in [0.15, 0.2) is 0 Å². The first-order valence-electron chi connectivity index (χ1n) is 21.7. The minimum Gasteiger partial charge on any atom is -0.310 e. The normalized spacial score (nSPS) is 12.5. The fraction of sp³-hybridized carbons (Fsp3) is 0.0492. The van der Waals surface area contributed by atoms with Crippen LogP contribution in [0.25, 0.3) is 84.2 Å². The molecule has 0 unspecified atom stereocenters. The zero-order valence-corrected chi connectivity index (χ0v) is 35.6. The summed E-state index contributed by atoms with van der Waals surface area (Å²) in [5.74, 6) is 0. The Labute approximate surface area is 370 Å². The van der Waals surface area contributed by atoms with Crippen molar-refractivity contribution in [2.75, 3.05) is 4.90 Å². The minimum absolute atomic E-state index is 0.163. The Kier molecular flexibility index (Phi) is 9.17. The van der Waals surface area contributed by atoms with E-state index in [-0.39, 0.29) is 5.41 Å². The molecule has 1 aromatic heterocycles. The lowest BCUT2D eigenvalue weighted by Crippen LogP contribution is -2.16. The van der Waals surface area contributed by atoms with E-state index in [4.69, 9.17) is 0 Å². The summed E-state index contributed by atoms with van der Waals surface area (Å²) in [6, 6.07) is 75.4. The number of hydrogen-bond donors (Lipinski definition) is 0. The fourth-order valence-corrected chi connectivity index (χ4v) is 9.74. The topological polar surface area (TPSA) is 8.17 Å². The van der Waals surface area contributed by atoms with Crippen molar-refractivity contribution in [3.63, 3.8) is 0 Å². The van der Waals surface area contributed by atoms with Crippen LogP contribution < -0.4 is 4.90 Å². The molecule has 300 valence electrons. The third-order valence-electron chi connectivity index (χ3n) is 13.1. The predicted molar refractivity (Wildman–Crippen MR) is 270 cm³/mol. The van der Waals surface area contributed by atoms with Gasteiger partial charge in [-0.15, -0.1) is 0 Å². The van der Waals surface area contributed by atoms with Crippen LogP contribution in [0.15, 0.2) is 219 Å². The quantitative estimate of drug-likeness (QED) is 0.141. The molecule has 0 fully saturated rings. The molecule has 0 atom stereocenters. The molecule has 1 aliphatic carbocycles. The van der Waals surface area contributed by atoms with Gasteiger partial charge in [-0.05, 0) is 133 Å². The van der Waals surface area contributed by atoms with E-state index in [0.29, 0.717) is 0 Å². The molecule has 0 amide bonds. The molecule has 11 rings (SSSR count). The highest BCUT2D eigenvalue weighted by Gasteiger charge is 2.36. The molecule has 0 N–H and O–H groups in total. The molecular weight excluding hydrogens is 761 g/mol. The van der Waals surface area contributed by atoms with Gasteiger partial charge >= 0.3 is 0 Å². The van der Waals surface area contributed by atoms with Crippen LogP contribution in [-0.2, 0) is 5.41 Å². The number of rotatable bonds is 9. The zero-order valence-electron chi connectivity index (χ0n) is 35.6. The summed E-state index contributed by atoms with van der Waals surface area (Å²) in [4.78, 5) is 2.39. The van der Waals surface area contributed by atoms with Gasteiger partial charge in [-0.3, -0.25) is 0 Å². The largest absolute Gasteiger partial charge is 0.310 e. The average Bonchev–Trinajstić information content (AvgIpc) is 3.79. The Morgan fingerprint density at radius 1 is 0.397 bits per heavy atom. The van der Waals surface area contributed by atoms with E-state index < -0.39 is 0 Å². The van der Waals surface area contributed by atoms with Crippen LogP contribution in [-0.4, -0.2) is 4.57 Å². The standard InChI is InChI=1S/C61H46N2/c1-5-41-16-19-44(20-17-41)46-21-28-49(29-22-46)62(52-34-36-54-53-35-18-42(6-2)38-57(53)61(3,4)58(54)40-52)50-30-25-47(26-31-50)48-27-37-60-56(39-48)55-14-10-11-15-59(55)63(60)51-32-23-45(24-33-51)43-12-8-7-9-13-43/h5-40H,1-2H2,3-4H3. The summed E-state index contributed by atoms with van der Waals surface area (Å²) >= 11 is 0. The summed E-state index contributed by atoms with van der Waals surface area (Å²) in [5.41, 5.74) is 21.4. The van der Waals surface area contributed by atoms with Crippen molar-refractivity contribution < 1.29 is 0 Å². The van der Waals surface area contributed by atoms with Gasteiger partial charge in [-0.25, -0.2) is 0 Å². The van der Waals surface area contributed by atoms with Crippen LogP contribution in [0.4, 0.5) is 17.1 Å². The number of hydrogen-bond acceptors (Lipinski definition) is 1. The molecule has 0 bridgehead atoms. The number of nitrogens with zero attached hydrogens (tertiary/aromatic N) is 2. The van der Waals surface area contributed by atoms with Crippen molar-refractivity contribution in [1.29, 1.82) is 0 Å². The first-order valence-corrected chi connectivity index (χ1v) is 21.7. The molecule has 2 nitrogen and oxygen atoms in total. The first kappa shape index (κ1) is 38.0. The number of para-hydroxylation sites is 1. The van der Waals surface area contributed by atoms with Gasteiger partial charge in [0.25, 0.3) is 0 Å². The average molecular weight is 807 g/mol. The molecule has 9 aromatic carbocycles. The second kappa shape index (κ2) is 15.2. The van der Waals surface area contributed by atoms with Crippen LogP contribution >= 0.6 is 0 Å². The Morgan fingerprint density at radius 2 is 0.873 bits per heavy atom. The number of fused-ring (bicyclic) bond motifs is 6. The lowest BCUT2D eigenvalue weighted by atomic mass is 9.81. The maximum atomic E-state index is 4.05. The number of aromatic nitrogens is 1. The molecule has 0 spiro atoms. The summed E-state index contributed by atoms with van der Waals surface area (Å²) in [7, 11) is 0. The van der Waals surface area contributed by atoms with E-state index in [2.05, 4.69) is 243 Å². The number of benzene rings is 9. The van der Waals surface area contributed by atoms with Gasteiger partial charge in [0.2, 0.25) is 0 Å². The predicted octanol–water partition coefficient (Wildman–Crippen LogP) is 16.8. The summed E-state index contributed by atoms with van der Waals surface area (Å²) < 4.78 is 2.39. The fourth-order valence-electron chi connectivity index (χ4n) is 9.74. The highest BCUT2D eigenvalue weighted by Crippen LogP contribution is 2.51. The molecule has 0 saturated carbocycles. The Hall–Kier alpha value is -7.94. The molecule has 10 aromatic rings. The molecule has 0 radical (unpaired) electrons. The van der Waals surface area contributed by atoms with Crippen LogP contribution in [0, 0.1) is 0 Å². The van der Waals surface area contributed by atoms with Gasteiger partial charge in [-0.1, -0.05) is 179 Å². The van der Waals surface area contributed by atoms with Gasteiger partial charge in [0.05, 0.1) is 11.0 Å². The maximum absolute atomic E-state index is 4.05. The monoisotopic (exact) mass is 806 g/mol. The highest BCUT2D eigenvalue weighted by molar-refractivity contribution is 6.10. The lowest BCUT2D eigenvalue weighted by Gasteiger charge is -2.28. The van der Waals surface area contributed by atoms with E-state index in [1.165, 1.54) is 77.4 Å². The van der Waals surface area contributed by atoms with Crippen LogP contribution in [0.3, 0.4) is 0 Å². The second-order valence-corrected chi connectivity index (χ2v) is 17.1. The van der Waals surface area contributed by atoms with Gasteiger partial charge < -0.3 is 9.47 Å². The van der Waals surface area contributed by atoms with E-state index in [9.17, 15) is 0 Å². The molecule has 0 saturated heterocycles. The van der Waals surface area contributed by atoms with Crippen molar-refractivity contribution in [1.82, 2.24) is 4.57 Å². The van der Waals surface area contributed by atoms with Gasteiger partial charge in [0.1, 0.15) is 0 Å². The maximum Gasteiger partial charge on any atom is 0.0541 e. The minimum atomic E-state index is -0.163. The molecule has 1 aliphatic rings. The summed E-state index contributed by atoms with van der Waals surface area (Å²) in [5, 5.41) is 2.48. The van der Waals surface area contributed by atoms with E-state index in [1.807, 2.05) is 12.2 Å². The van der Waals surface area contributed by atoms with Crippen LogP contribution in [0.1, 0.15) is 36.1 Å². The van der Waals surface area contributed by atoms with E-state index in [1.54, 1.807) is 0 Å². The van der Waals surface area contributed by atoms with Crippen molar-refractivity contribution >= 4 is 51.0 Å². The molecule has 63 heavy (non-hydrogen) atoms. The Bertz CT molecular complexity index is 3350. The van der Waals surface area contributed by atoms with Crippen molar-refractivity contribution in [2.45, 2.75) is 19.3 Å². The smallest absolute Gasteiger partial charge is 0.0541 e. The highest BCUT2D eigenvalue weighted by atomic mass is 15.1. The van der Waals surface area contributed by atoms with Crippen LogP contribution in [0.5, 0.6) is 0 Å². The molecular formula is C61H46N2. The zero-order chi connectivity index (χ0) is 42.7. The van der Waals surface area contributed by atoms with Crippen molar-refractivity contribution in [3.8, 4) is 50.2 Å². The SMILES string of the molecule is C=Cc1ccc(-c2ccc(N(c3ccc(-c4ccc5c(c4)c4ccccc4n5-c4ccc(-c5ccccc5)cc4)cc3)c3ccc4c(c3)C(C)(C)c3cc(C=C)ccc3-4)cc2)cc1. The molecule has 0 aliphatic heterocycles. The first-order chi connectivity index (χ1) is 30.9. The van der Waals surface area contributed by atoms with Gasteiger partial charge in [-0.2, -0.15) is 0 Å². The van der Waals surface area contributed by atoms with Crippen LogP contribution in [0.2, 0.25) is 0 Å². The molecule has 2 heteroatoms. The molecule has 1 heterocycles. The Balaban J connectivity index is 0.976. The van der Waals surface area contributed by atoms with E-state index in [0.717, 1.165) is 33.9 Å².